The molecule has 3 heteroatoms. The highest BCUT2D eigenvalue weighted by atomic mass is 16.3. The fourth-order valence-corrected chi connectivity index (χ4v) is 2.12. The summed E-state index contributed by atoms with van der Waals surface area (Å²) in [7, 11) is 0. The summed E-state index contributed by atoms with van der Waals surface area (Å²) in [6.45, 7) is 2.91. The number of hydrogen-bond donors (Lipinski definition) is 1. The van der Waals surface area contributed by atoms with Gasteiger partial charge in [0, 0.05) is 18.3 Å². The summed E-state index contributed by atoms with van der Waals surface area (Å²) in [5.41, 5.74) is 3.27. The molecule has 3 nitrogen and oxygen atoms in total. The van der Waals surface area contributed by atoms with Crippen LogP contribution >= 0.6 is 0 Å². The Morgan fingerprint density at radius 2 is 2.24 bits per heavy atom. The predicted octanol–water partition coefficient (Wildman–Crippen LogP) is 2.37. The third-order valence-electron chi connectivity index (χ3n) is 3.28. The van der Waals surface area contributed by atoms with E-state index in [0.29, 0.717) is 12.5 Å². The molecule has 0 aromatic heterocycles. The molecule has 1 aliphatic carbocycles. The maximum Gasteiger partial charge on any atom is 0.0684 e. The molecule has 1 saturated carbocycles. The largest absolute Gasteiger partial charge is 0.392 e. The number of aryl methyl sites for hydroxylation is 1. The maximum atomic E-state index is 9.15. The van der Waals surface area contributed by atoms with E-state index in [2.05, 4.69) is 17.0 Å². The van der Waals surface area contributed by atoms with Crippen molar-refractivity contribution in [1.82, 2.24) is 0 Å². The lowest BCUT2D eigenvalue weighted by atomic mass is 10.1. The van der Waals surface area contributed by atoms with Crippen LogP contribution in [-0.2, 0) is 6.61 Å². The first-order chi connectivity index (χ1) is 8.26. The van der Waals surface area contributed by atoms with Crippen LogP contribution in [0.5, 0.6) is 0 Å². The number of nitriles is 1. The minimum atomic E-state index is 0.0910. The third-order valence-corrected chi connectivity index (χ3v) is 3.28. The van der Waals surface area contributed by atoms with Gasteiger partial charge in [0.15, 0.2) is 0 Å². The van der Waals surface area contributed by atoms with Crippen molar-refractivity contribution in [2.24, 2.45) is 0 Å². The van der Waals surface area contributed by atoms with Crippen molar-refractivity contribution in [3.63, 3.8) is 0 Å². The van der Waals surface area contributed by atoms with E-state index >= 15 is 0 Å². The van der Waals surface area contributed by atoms with E-state index in [1.54, 1.807) is 0 Å². The van der Waals surface area contributed by atoms with Crippen LogP contribution in [0.1, 0.15) is 30.4 Å². The first kappa shape index (κ1) is 11.9. The first-order valence-electron chi connectivity index (χ1n) is 6.10. The molecular weight excluding hydrogens is 212 g/mol. The molecule has 1 fully saturated rings. The quantitative estimate of drug-likeness (QED) is 0.844. The Kier molecular flexibility index (Phi) is 3.65. The minimum absolute atomic E-state index is 0.0910. The number of aliphatic hydroxyl groups excluding tert-OH is 1. The Bertz CT molecular complexity index is 432. The van der Waals surface area contributed by atoms with E-state index in [1.165, 1.54) is 18.5 Å². The Hall–Kier alpha value is -1.53. The molecule has 1 aliphatic rings. The molecule has 90 valence electrons. The van der Waals surface area contributed by atoms with Crippen molar-refractivity contribution >= 4 is 5.69 Å². The van der Waals surface area contributed by atoms with Gasteiger partial charge in [-0.3, -0.25) is 0 Å². The van der Waals surface area contributed by atoms with Crippen LogP contribution in [0.4, 0.5) is 5.69 Å². The fourth-order valence-electron chi connectivity index (χ4n) is 2.12. The van der Waals surface area contributed by atoms with E-state index in [4.69, 9.17) is 10.4 Å². The van der Waals surface area contributed by atoms with Crippen molar-refractivity contribution < 1.29 is 5.11 Å². The zero-order valence-corrected chi connectivity index (χ0v) is 10.2. The number of nitrogens with zero attached hydrogens (tertiary/aromatic N) is 2. The van der Waals surface area contributed by atoms with E-state index in [9.17, 15) is 0 Å². The lowest BCUT2D eigenvalue weighted by molar-refractivity contribution is 0.281. The molecule has 1 aromatic carbocycles. The van der Waals surface area contributed by atoms with Gasteiger partial charge in [-0.05, 0) is 43.0 Å². The van der Waals surface area contributed by atoms with Crippen LogP contribution in [0.25, 0.3) is 0 Å². The van der Waals surface area contributed by atoms with Gasteiger partial charge in [-0.1, -0.05) is 6.07 Å². The topological polar surface area (TPSA) is 47.3 Å². The summed E-state index contributed by atoms with van der Waals surface area (Å²) < 4.78 is 0. The number of benzene rings is 1. The second-order valence-corrected chi connectivity index (χ2v) is 4.60. The van der Waals surface area contributed by atoms with Crippen LogP contribution in [0.2, 0.25) is 0 Å². The molecule has 2 rings (SSSR count). The zero-order chi connectivity index (χ0) is 12.3. The summed E-state index contributed by atoms with van der Waals surface area (Å²) in [5.74, 6) is 0. The van der Waals surface area contributed by atoms with Gasteiger partial charge in [-0.2, -0.15) is 5.26 Å². The highest BCUT2D eigenvalue weighted by molar-refractivity contribution is 5.52. The van der Waals surface area contributed by atoms with E-state index in [0.717, 1.165) is 17.7 Å². The molecule has 0 radical (unpaired) electrons. The smallest absolute Gasteiger partial charge is 0.0684 e. The molecule has 17 heavy (non-hydrogen) atoms. The molecule has 0 spiro atoms. The van der Waals surface area contributed by atoms with Crippen molar-refractivity contribution in [2.75, 3.05) is 11.4 Å². The maximum absolute atomic E-state index is 9.15. The van der Waals surface area contributed by atoms with E-state index in [1.807, 2.05) is 19.1 Å². The summed E-state index contributed by atoms with van der Waals surface area (Å²) in [6, 6.07) is 8.96. The average Bonchev–Trinajstić information content (AvgIpc) is 3.14. The highest BCUT2D eigenvalue weighted by Crippen LogP contribution is 2.32. The normalized spacial score (nSPS) is 14.4. The predicted molar refractivity (Wildman–Crippen MR) is 67.7 cm³/mol. The van der Waals surface area contributed by atoms with Crippen LogP contribution in [-0.4, -0.2) is 17.7 Å². The summed E-state index contributed by atoms with van der Waals surface area (Å²) in [5, 5.41) is 17.8. The number of aliphatic hydroxyl groups is 1. The number of rotatable bonds is 5. The van der Waals surface area contributed by atoms with Crippen LogP contribution in [0.3, 0.4) is 0 Å². The third kappa shape index (κ3) is 2.78. The minimum Gasteiger partial charge on any atom is -0.392 e. The van der Waals surface area contributed by atoms with Crippen molar-refractivity contribution in [3.8, 4) is 6.07 Å². The van der Waals surface area contributed by atoms with Crippen molar-refractivity contribution in [1.29, 1.82) is 5.26 Å². The van der Waals surface area contributed by atoms with Gasteiger partial charge >= 0.3 is 0 Å². The Morgan fingerprint density at radius 3 is 2.76 bits per heavy atom. The van der Waals surface area contributed by atoms with Crippen LogP contribution in [0.15, 0.2) is 18.2 Å². The summed E-state index contributed by atoms with van der Waals surface area (Å²) in [4.78, 5) is 2.32. The summed E-state index contributed by atoms with van der Waals surface area (Å²) >= 11 is 0. The van der Waals surface area contributed by atoms with Gasteiger partial charge in [0.25, 0.3) is 0 Å². The number of hydrogen-bond acceptors (Lipinski definition) is 3. The molecule has 1 N–H and O–H groups in total. The molecule has 0 heterocycles. The molecular formula is C14H18N2O. The molecule has 0 bridgehead atoms. The Labute approximate surface area is 102 Å². The molecule has 1 aromatic rings. The molecule has 0 atom stereocenters. The van der Waals surface area contributed by atoms with Gasteiger partial charge < -0.3 is 10.0 Å². The monoisotopic (exact) mass is 230 g/mol. The van der Waals surface area contributed by atoms with Crippen molar-refractivity contribution in [2.45, 2.75) is 38.8 Å². The molecule has 0 amide bonds. The standard InChI is InChI=1S/C14H18N2O/c1-11-9-14(4-3-12(11)10-17)16(8-2-7-15)13-5-6-13/h3-4,9,13,17H,2,5-6,8,10H2,1H3. The Balaban J connectivity index is 2.18. The fraction of sp³-hybridized carbons (Fsp3) is 0.500. The van der Waals surface area contributed by atoms with Gasteiger partial charge in [-0.15, -0.1) is 0 Å². The SMILES string of the molecule is Cc1cc(N(CCC#N)C2CC2)ccc1CO. The second-order valence-electron chi connectivity index (χ2n) is 4.60. The highest BCUT2D eigenvalue weighted by Gasteiger charge is 2.28. The summed E-state index contributed by atoms with van der Waals surface area (Å²) in [6.07, 6.45) is 3.02. The van der Waals surface area contributed by atoms with E-state index in [-0.39, 0.29) is 6.61 Å². The molecule has 0 unspecified atom stereocenters. The average molecular weight is 230 g/mol. The first-order valence-corrected chi connectivity index (χ1v) is 6.10. The van der Waals surface area contributed by atoms with Crippen molar-refractivity contribution in [3.05, 3.63) is 29.3 Å². The van der Waals surface area contributed by atoms with Gasteiger partial charge in [0.1, 0.15) is 0 Å². The molecule has 0 saturated heterocycles. The second kappa shape index (κ2) is 5.20. The van der Waals surface area contributed by atoms with Gasteiger partial charge in [0.05, 0.1) is 19.1 Å². The molecule has 0 aliphatic heterocycles. The number of anilines is 1. The zero-order valence-electron chi connectivity index (χ0n) is 10.2. The van der Waals surface area contributed by atoms with E-state index < -0.39 is 0 Å². The Morgan fingerprint density at radius 1 is 1.47 bits per heavy atom. The van der Waals surface area contributed by atoms with Crippen LogP contribution < -0.4 is 4.90 Å². The van der Waals surface area contributed by atoms with Gasteiger partial charge in [0.2, 0.25) is 0 Å². The lowest BCUT2D eigenvalue weighted by Crippen LogP contribution is -2.26. The van der Waals surface area contributed by atoms with Gasteiger partial charge in [-0.25, -0.2) is 0 Å². The lowest BCUT2D eigenvalue weighted by Gasteiger charge is -2.24. The van der Waals surface area contributed by atoms with Crippen LogP contribution in [0, 0.1) is 18.3 Å².